The van der Waals surface area contributed by atoms with Gasteiger partial charge in [-0.3, -0.25) is 9.69 Å². The SMILES string of the molecule is Cc1ccc(CC(=O)Nc2ccc(NCCN3CCOCC3)nn2)cc1. The number of carbonyl (C=O) groups is 1. The molecule has 0 atom stereocenters. The molecule has 1 saturated heterocycles. The second-order valence-electron chi connectivity index (χ2n) is 6.40. The number of ether oxygens (including phenoxy) is 1. The molecule has 1 aromatic heterocycles. The number of aryl methyl sites for hydroxylation is 1. The highest BCUT2D eigenvalue weighted by atomic mass is 16.5. The Bertz CT molecular complexity index is 697. The van der Waals surface area contributed by atoms with Crippen molar-refractivity contribution in [1.29, 1.82) is 0 Å². The van der Waals surface area contributed by atoms with E-state index in [1.54, 1.807) is 6.07 Å². The molecule has 1 amide bonds. The molecule has 0 bridgehead atoms. The fourth-order valence-corrected chi connectivity index (χ4v) is 2.74. The van der Waals surface area contributed by atoms with Crippen LogP contribution >= 0.6 is 0 Å². The first-order valence-electron chi connectivity index (χ1n) is 8.92. The van der Waals surface area contributed by atoms with Crippen LogP contribution < -0.4 is 10.6 Å². The Morgan fingerprint density at radius 3 is 2.46 bits per heavy atom. The van der Waals surface area contributed by atoms with E-state index in [9.17, 15) is 4.79 Å². The standard InChI is InChI=1S/C19H25N5O2/c1-15-2-4-16(5-3-15)14-19(25)21-18-7-6-17(22-23-18)20-8-9-24-10-12-26-13-11-24/h2-7H,8-14H2,1H3,(H,20,22)(H,21,23,25). The van der Waals surface area contributed by atoms with Gasteiger partial charge in [-0.1, -0.05) is 29.8 Å². The van der Waals surface area contributed by atoms with E-state index in [-0.39, 0.29) is 5.91 Å². The number of carbonyl (C=O) groups excluding carboxylic acids is 1. The van der Waals surface area contributed by atoms with E-state index in [0.717, 1.165) is 45.0 Å². The summed E-state index contributed by atoms with van der Waals surface area (Å²) in [7, 11) is 0. The maximum atomic E-state index is 12.1. The number of aromatic nitrogens is 2. The van der Waals surface area contributed by atoms with E-state index in [0.29, 0.717) is 18.1 Å². The number of hydrogen-bond acceptors (Lipinski definition) is 6. The molecule has 2 N–H and O–H groups in total. The van der Waals surface area contributed by atoms with Gasteiger partial charge in [0.2, 0.25) is 5.91 Å². The molecule has 1 aromatic carbocycles. The number of anilines is 2. The second kappa shape index (κ2) is 9.26. The first-order valence-corrected chi connectivity index (χ1v) is 8.92. The van der Waals surface area contributed by atoms with Crippen molar-refractivity contribution in [2.24, 2.45) is 0 Å². The van der Waals surface area contributed by atoms with Crippen molar-refractivity contribution in [3.05, 3.63) is 47.5 Å². The average Bonchev–Trinajstić information content (AvgIpc) is 2.66. The van der Waals surface area contributed by atoms with Crippen molar-refractivity contribution in [3.8, 4) is 0 Å². The zero-order valence-corrected chi connectivity index (χ0v) is 15.1. The Kier molecular flexibility index (Phi) is 6.51. The number of rotatable bonds is 7. The van der Waals surface area contributed by atoms with Gasteiger partial charge in [0.05, 0.1) is 19.6 Å². The van der Waals surface area contributed by atoms with E-state index < -0.39 is 0 Å². The Morgan fingerprint density at radius 1 is 1.08 bits per heavy atom. The highest BCUT2D eigenvalue weighted by Crippen LogP contribution is 2.08. The Balaban J connectivity index is 1.41. The summed E-state index contributed by atoms with van der Waals surface area (Å²) in [4.78, 5) is 14.4. The van der Waals surface area contributed by atoms with Gasteiger partial charge in [-0.2, -0.15) is 0 Å². The van der Waals surface area contributed by atoms with Crippen LogP contribution in [0.25, 0.3) is 0 Å². The summed E-state index contributed by atoms with van der Waals surface area (Å²) in [5.74, 6) is 1.06. The quantitative estimate of drug-likeness (QED) is 0.787. The van der Waals surface area contributed by atoms with Crippen LogP contribution in [0.3, 0.4) is 0 Å². The molecule has 3 rings (SSSR count). The van der Waals surface area contributed by atoms with Crippen LogP contribution in [-0.2, 0) is 16.0 Å². The number of morpholine rings is 1. The van der Waals surface area contributed by atoms with Crippen molar-refractivity contribution in [2.75, 3.05) is 50.0 Å². The van der Waals surface area contributed by atoms with Crippen LogP contribution in [0.1, 0.15) is 11.1 Å². The first-order chi connectivity index (χ1) is 12.7. The summed E-state index contributed by atoms with van der Waals surface area (Å²) in [6, 6.07) is 11.5. The third-order valence-electron chi connectivity index (χ3n) is 4.26. The highest BCUT2D eigenvalue weighted by molar-refractivity contribution is 5.91. The number of nitrogens with one attached hydrogen (secondary N) is 2. The van der Waals surface area contributed by atoms with Crippen LogP contribution in [0.5, 0.6) is 0 Å². The zero-order chi connectivity index (χ0) is 18.2. The van der Waals surface area contributed by atoms with Gasteiger partial charge in [0, 0.05) is 26.2 Å². The van der Waals surface area contributed by atoms with E-state index in [2.05, 4.69) is 25.7 Å². The number of nitrogens with zero attached hydrogens (tertiary/aromatic N) is 3. The Labute approximate surface area is 153 Å². The normalized spacial score (nSPS) is 14.8. The van der Waals surface area contributed by atoms with Crippen LogP contribution in [-0.4, -0.2) is 60.4 Å². The smallest absolute Gasteiger partial charge is 0.229 e. The van der Waals surface area contributed by atoms with Gasteiger partial charge >= 0.3 is 0 Å². The molecule has 138 valence electrons. The molecular formula is C19H25N5O2. The molecule has 1 fully saturated rings. The molecular weight excluding hydrogens is 330 g/mol. The molecule has 7 nitrogen and oxygen atoms in total. The topological polar surface area (TPSA) is 79.4 Å². The maximum absolute atomic E-state index is 12.1. The van der Waals surface area contributed by atoms with Crippen LogP contribution in [0.2, 0.25) is 0 Å². The molecule has 0 unspecified atom stereocenters. The number of amides is 1. The average molecular weight is 355 g/mol. The molecule has 7 heteroatoms. The lowest BCUT2D eigenvalue weighted by atomic mass is 10.1. The molecule has 0 spiro atoms. The van der Waals surface area contributed by atoms with Crippen LogP contribution in [0.4, 0.5) is 11.6 Å². The summed E-state index contributed by atoms with van der Waals surface area (Å²) in [5.41, 5.74) is 2.15. The summed E-state index contributed by atoms with van der Waals surface area (Å²) in [6.45, 7) is 7.32. The van der Waals surface area contributed by atoms with E-state index in [1.807, 2.05) is 37.3 Å². The van der Waals surface area contributed by atoms with Gasteiger partial charge in [-0.05, 0) is 24.6 Å². The molecule has 0 aliphatic carbocycles. The molecule has 1 aliphatic heterocycles. The Hall–Kier alpha value is -2.51. The zero-order valence-electron chi connectivity index (χ0n) is 15.1. The monoisotopic (exact) mass is 355 g/mol. The molecule has 0 saturated carbocycles. The highest BCUT2D eigenvalue weighted by Gasteiger charge is 2.09. The van der Waals surface area contributed by atoms with Gasteiger partial charge < -0.3 is 15.4 Å². The van der Waals surface area contributed by atoms with Crippen LogP contribution in [0, 0.1) is 6.92 Å². The van der Waals surface area contributed by atoms with E-state index in [4.69, 9.17) is 4.74 Å². The van der Waals surface area contributed by atoms with Crippen molar-refractivity contribution in [2.45, 2.75) is 13.3 Å². The Morgan fingerprint density at radius 2 is 1.77 bits per heavy atom. The predicted octanol–water partition coefficient (Wildman–Crippen LogP) is 1.71. The van der Waals surface area contributed by atoms with Gasteiger partial charge in [0.25, 0.3) is 0 Å². The third kappa shape index (κ3) is 5.79. The summed E-state index contributed by atoms with van der Waals surface area (Å²) < 4.78 is 5.33. The summed E-state index contributed by atoms with van der Waals surface area (Å²) in [6.07, 6.45) is 0.321. The van der Waals surface area contributed by atoms with Gasteiger partial charge in [0.1, 0.15) is 5.82 Å². The van der Waals surface area contributed by atoms with Crippen LogP contribution in [0.15, 0.2) is 36.4 Å². The van der Waals surface area contributed by atoms with Gasteiger partial charge in [-0.15, -0.1) is 10.2 Å². The summed E-state index contributed by atoms with van der Waals surface area (Å²) >= 11 is 0. The van der Waals surface area contributed by atoms with Gasteiger partial charge in [-0.25, -0.2) is 0 Å². The second-order valence-corrected chi connectivity index (χ2v) is 6.40. The number of hydrogen-bond donors (Lipinski definition) is 2. The van der Waals surface area contributed by atoms with E-state index >= 15 is 0 Å². The largest absolute Gasteiger partial charge is 0.379 e. The molecule has 2 heterocycles. The van der Waals surface area contributed by atoms with Crippen molar-refractivity contribution in [1.82, 2.24) is 15.1 Å². The minimum Gasteiger partial charge on any atom is -0.379 e. The lowest BCUT2D eigenvalue weighted by molar-refractivity contribution is -0.115. The molecule has 2 aromatic rings. The fraction of sp³-hybridized carbons (Fsp3) is 0.421. The van der Waals surface area contributed by atoms with E-state index in [1.165, 1.54) is 5.56 Å². The minimum atomic E-state index is -0.101. The fourth-order valence-electron chi connectivity index (χ4n) is 2.74. The van der Waals surface area contributed by atoms with Crippen molar-refractivity contribution in [3.63, 3.8) is 0 Å². The van der Waals surface area contributed by atoms with Crippen molar-refractivity contribution < 1.29 is 9.53 Å². The predicted molar refractivity (Wildman–Crippen MR) is 101 cm³/mol. The maximum Gasteiger partial charge on any atom is 0.229 e. The van der Waals surface area contributed by atoms with Gasteiger partial charge in [0.15, 0.2) is 5.82 Å². The third-order valence-corrected chi connectivity index (χ3v) is 4.26. The molecule has 26 heavy (non-hydrogen) atoms. The minimum absolute atomic E-state index is 0.101. The first kappa shape index (κ1) is 18.3. The lowest BCUT2D eigenvalue weighted by Crippen LogP contribution is -2.39. The number of benzene rings is 1. The molecule has 1 aliphatic rings. The molecule has 0 radical (unpaired) electrons. The van der Waals surface area contributed by atoms with Crippen molar-refractivity contribution >= 4 is 17.5 Å². The lowest BCUT2D eigenvalue weighted by Gasteiger charge is -2.26. The summed E-state index contributed by atoms with van der Waals surface area (Å²) in [5, 5.41) is 14.2.